The predicted octanol–water partition coefficient (Wildman–Crippen LogP) is 4.07. The van der Waals surface area contributed by atoms with E-state index in [-0.39, 0.29) is 12.3 Å². The summed E-state index contributed by atoms with van der Waals surface area (Å²) in [5.41, 5.74) is 2.90. The second kappa shape index (κ2) is 10.0. The van der Waals surface area contributed by atoms with Crippen molar-refractivity contribution in [3.8, 4) is 17.2 Å². The lowest BCUT2D eigenvalue weighted by molar-refractivity contribution is -0.117. The zero-order chi connectivity index (χ0) is 21.7. The van der Waals surface area contributed by atoms with Crippen molar-refractivity contribution < 1.29 is 19.0 Å². The second-order valence-corrected chi connectivity index (χ2v) is 8.68. The molecule has 3 rings (SSSR count). The van der Waals surface area contributed by atoms with E-state index < -0.39 is 0 Å². The summed E-state index contributed by atoms with van der Waals surface area (Å²) < 4.78 is 19.3. The van der Waals surface area contributed by atoms with Gasteiger partial charge in [0.1, 0.15) is 5.75 Å². The van der Waals surface area contributed by atoms with Gasteiger partial charge in [-0.25, -0.2) is 0 Å². The molecule has 2 aromatic carbocycles. The quantitative estimate of drug-likeness (QED) is 0.522. The van der Waals surface area contributed by atoms with Gasteiger partial charge in [-0.05, 0) is 30.4 Å². The maximum absolute atomic E-state index is 12.7. The number of carbonyl (C=O) groups is 1. The van der Waals surface area contributed by atoms with Gasteiger partial charge in [-0.3, -0.25) is 4.79 Å². The fourth-order valence-corrected chi connectivity index (χ4v) is 4.70. The zero-order valence-corrected chi connectivity index (χ0v) is 19.5. The number of benzene rings is 2. The van der Waals surface area contributed by atoms with Gasteiger partial charge < -0.3 is 18.8 Å². The van der Waals surface area contributed by atoms with Gasteiger partial charge in [0.25, 0.3) is 5.91 Å². The van der Waals surface area contributed by atoms with Crippen LogP contribution in [0, 0.1) is 6.92 Å². The highest BCUT2D eigenvalue weighted by Crippen LogP contribution is 2.33. The van der Waals surface area contributed by atoms with Crippen molar-refractivity contribution in [3.63, 3.8) is 0 Å². The van der Waals surface area contributed by atoms with Gasteiger partial charge in [0.05, 0.1) is 38.0 Å². The summed E-state index contributed by atoms with van der Waals surface area (Å²) in [5, 5.41) is 0. The smallest absolute Gasteiger partial charge is 0.252 e. The Morgan fingerprint density at radius 2 is 1.77 bits per heavy atom. The molecule has 0 aliphatic carbocycles. The summed E-state index contributed by atoms with van der Waals surface area (Å²) in [7, 11) is 4.87. The molecule has 0 aliphatic rings. The van der Waals surface area contributed by atoms with Crippen molar-refractivity contribution in [2.75, 3.05) is 33.3 Å². The molecular weight excluding hydrogens is 420 g/mol. The van der Waals surface area contributed by atoms with Gasteiger partial charge in [-0.2, -0.15) is 16.8 Å². The molecule has 0 atom stereocenters. The van der Waals surface area contributed by atoms with E-state index in [1.807, 2.05) is 37.3 Å². The van der Waals surface area contributed by atoms with Crippen LogP contribution in [0.1, 0.15) is 11.1 Å². The van der Waals surface area contributed by atoms with E-state index in [1.54, 1.807) is 33.1 Å². The number of hydrogen-bond acceptors (Lipinski definition) is 6. The van der Waals surface area contributed by atoms with E-state index in [9.17, 15) is 4.79 Å². The van der Waals surface area contributed by atoms with Crippen LogP contribution in [-0.4, -0.2) is 43.8 Å². The molecule has 0 bridgehead atoms. The van der Waals surface area contributed by atoms with Crippen molar-refractivity contribution in [2.45, 2.75) is 19.9 Å². The van der Waals surface area contributed by atoms with E-state index in [1.165, 1.54) is 11.3 Å². The number of ether oxygens (including phenoxy) is 3. The molecule has 8 heteroatoms. The fraction of sp³-hybridized carbons (Fsp3) is 0.364. The average Bonchev–Trinajstić information content (AvgIpc) is 3.06. The van der Waals surface area contributed by atoms with Crippen LogP contribution in [0.5, 0.6) is 17.2 Å². The number of thioether (sulfide) groups is 1. The molecule has 3 aromatic rings. The van der Waals surface area contributed by atoms with Gasteiger partial charge in [0.15, 0.2) is 16.3 Å². The van der Waals surface area contributed by atoms with Gasteiger partial charge >= 0.3 is 0 Å². The van der Waals surface area contributed by atoms with Crippen molar-refractivity contribution >= 4 is 39.2 Å². The second-order valence-electron chi connectivity index (χ2n) is 6.69. The van der Waals surface area contributed by atoms with Gasteiger partial charge in [-0.1, -0.05) is 23.5 Å². The summed E-state index contributed by atoms with van der Waals surface area (Å²) in [6.07, 6.45) is 2.31. The van der Waals surface area contributed by atoms with Crippen LogP contribution in [0.4, 0.5) is 0 Å². The summed E-state index contributed by atoms with van der Waals surface area (Å²) in [5.74, 6) is 2.87. The van der Waals surface area contributed by atoms with Crippen molar-refractivity contribution in [2.24, 2.45) is 4.99 Å². The maximum atomic E-state index is 12.7. The topological polar surface area (TPSA) is 62.1 Å². The maximum Gasteiger partial charge on any atom is 0.252 e. The largest absolute Gasteiger partial charge is 0.496 e. The molecule has 30 heavy (non-hydrogen) atoms. The summed E-state index contributed by atoms with van der Waals surface area (Å²) in [6.45, 7) is 2.72. The summed E-state index contributed by atoms with van der Waals surface area (Å²) in [4.78, 5) is 17.9. The molecule has 1 heterocycles. The average molecular weight is 447 g/mol. The Morgan fingerprint density at radius 1 is 1.07 bits per heavy atom. The molecule has 0 unspecified atom stereocenters. The molecule has 0 saturated heterocycles. The molecule has 0 spiro atoms. The van der Waals surface area contributed by atoms with Gasteiger partial charge in [0.2, 0.25) is 0 Å². The van der Waals surface area contributed by atoms with Gasteiger partial charge in [-0.15, -0.1) is 0 Å². The van der Waals surface area contributed by atoms with Crippen LogP contribution in [0.15, 0.2) is 35.3 Å². The number of aromatic nitrogens is 1. The normalized spacial score (nSPS) is 11.7. The number of nitrogens with zero attached hydrogens (tertiary/aromatic N) is 2. The molecule has 160 valence electrons. The van der Waals surface area contributed by atoms with Gasteiger partial charge in [0, 0.05) is 24.4 Å². The SMILES string of the molecule is COc1ccc(CC(=O)N=c2sc3cc(OC)c(OC)cc3n2CCSC)cc1C. The van der Waals surface area contributed by atoms with E-state index in [0.29, 0.717) is 16.3 Å². The first kappa shape index (κ1) is 22.2. The first-order valence-corrected chi connectivity index (χ1v) is 11.7. The van der Waals surface area contributed by atoms with E-state index in [0.717, 1.165) is 39.4 Å². The monoisotopic (exact) mass is 446 g/mol. The Hall–Kier alpha value is -2.45. The molecule has 0 saturated carbocycles. The van der Waals surface area contributed by atoms with Crippen LogP contribution in [-0.2, 0) is 17.8 Å². The highest BCUT2D eigenvalue weighted by Gasteiger charge is 2.13. The summed E-state index contributed by atoms with van der Waals surface area (Å²) >= 11 is 3.23. The molecule has 6 nitrogen and oxygen atoms in total. The van der Waals surface area contributed by atoms with Crippen LogP contribution >= 0.6 is 23.1 Å². The lowest BCUT2D eigenvalue weighted by Gasteiger charge is -2.09. The number of hydrogen-bond donors (Lipinski definition) is 0. The molecule has 0 fully saturated rings. The van der Waals surface area contributed by atoms with Crippen LogP contribution in [0.3, 0.4) is 0 Å². The lowest BCUT2D eigenvalue weighted by Crippen LogP contribution is -2.18. The summed E-state index contributed by atoms with van der Waals surface area (Å²) in [6, 6.07) is 9.64. The lowest BCUT2D eigenvalue weighted by atomic mass is 10.1. The standard InChI is InChI=1S/C22H26N2O4S2/c1-14-10-15(6-7-17(14)26-2)11-21(25)23-22-24(8-9-29-5)16-12-18(27-3)19(28-4)13-20(16)30-22/h6-7,10,12-13H,8-9,11H2,1-5H3. The number of methoxy groups -OCH3 is 3. The zero-order valence-electron chi connectivity index (χ0n) is 17.9. The minimum Gasteiger partial charge on any atom is -0.496 e. The Balaban J connectivity index is 2.00. The van der Waals surface area contributed by atoms with Crippen molar-refractivity contribution in [3.05, 3.63) is 46.3 Å². The number of carbonyl (C=O) groups excluding carboxylic acids is 1. The number of thiazole rings is 1. The van der Waals surface area contributed by atoms with E-state index in [2.05, 4.69) is 15.8 Å². The first-order valence-electron chi connectivity index (χ1n) is 9.46. The fourth-order valence-electron chi connectivity index (χ4n) is 3.25. The minimum absolute atomic E-state index is 0.178. The van der Waals surface area contributed by atoms with Crippen LogP contribution < -0.4 is 19.0 Å². The molecule has 1 aromatic heterocycles. The Morgan fingerprint density at radius 3 is 2.40 bits per heavy atom. The van der Waals surface area contributed by atoms with Crippen molar-refractivity contribution in [1.29, 1.82) is 0 Å². The molecular formula is C22H26N2O4S2. The third-order valence-electron chi connectivity index (χ3n) is 4.74. The molecule has 0 aliphatic heterocycles. The Bertz CT molecular complexity index is 1120. The third-order valence-corrected chi connectivity index (χ3v) is 6.37. The first-order chi connectivity index (χ1) is 14.5. The Labute approximate surface area is 184 Å². The third kappa shape index (κ3) is 4.82. The Kier molecular flexibility index (Phi) is 7.44. The van der Waals surface area contributed by atoms with E-state index >= 15 is 0 Å². The number of rotatable bonds is 8. The number of fused-ring (bicyclic) bond motifs is 1. The highest BCUT2D eigenvalue weighted by atomic mass is 32.2. The molecule has 0 radical (unpaired) electrons. The van der Waals surface area contributed by atoms with E-state index in [4.69, 9.17) is 14.2 Å². The van der Waals surface area contributed by atoms with Crippen LogP contribution in [0.25, 0.3) is 10.2 Å². The van der Waals surface area contributed by atoms with Crippen LogP contribution in [0.2, 0.25) is 0 Å². The van der Waals surface area contributed by atoms with Crippen molar-refractivity contribution in [1.82, 2.24) is 4.57 Å². The molecule has 0 N–H and O–H groups in total. The number of aryl methyl sites for hydroxylation is 2. The molecule has 1 amide bonds. The minimum atomic E-state index is -0.178. The number of amides is 1. The predicted molar refractivity (Wildman–Crippen MR) is 123 cm³/mol. The highest BCUT2D eigenvalue weighted by molar-refractivity contribution is 7.98.